The van der Waals surface area contributed by atoms with Crippen molar-refractivity contribution in [3.05, 3.63) is 59.2 Å². The zero-order chi connectivity index (χ0) is 16.3. The van der Waals surface area contributed by atoms with Crippen LogP contribution in [0.2, 0.25) is 0 Å². The van der Waals surface area contributed by atoms with Crippen LogP contribution in [-0.4, -0.2) is 17.9 Å². The van der Waals surface area contributed by atoms with Crippen molar-refractivity contribution in [2.45, 2.75) is 33.3 Å². The first kappa shape index (κ1) is 16.0. The Hall–Kier alpha value is -2.42. The molecule has 2 aromatic carbocycles. The van der Waals surface area contributed by atoms with E-state index >= 15 is 0 Å². The minimum atomic E-state index is -0.502. The van der Waals surface area contributed by atoms with E-state index in [1.165, 1.54) is 0 Å². The van der Waals surface area contributed by atoms with Crippen molar-refractivity contribution in [1.29, 1.82) is 0 Å². The van der Waals surface area contributed by atoms with Crippen molar-refractivity contribution in [3.63, 3.8) is 0 Å². The van der Waals surface area contributed by atoms with Crippen molar-refractivity contribution in [2.75, 3.05) is 0 Å². The predicted octanol–water partition coefficient (Wildman–Crippen LogP) is 4.43. The van der Waals surface area contributed by atoms with Gasteiger partial charge in [-0.25, -0.2) is 4.79 Å². The zero-order valence-corrected chi connectivity index (χ0v) is 13.3. The Morgan fingerprint density at radius 1 is 1.00 bits per heavy atom. The third-order valence-electron chi connectivity index (χ3n) is 3.25. The highest BCUT2D eigenvalue weighted by atomic mass is 16.6. The molecule has 22 heavy (non-hydrogen) atoms. The number of rotatable bonds is 3. The van der Waals surface area contributed by atoms with E-state index in [1.54, 1.807) is 18.2 Å². The van der Waals surface area contributed by atoms with Crippen molar-refractivity contribution in [2.24, 2.45) is 0 Å². The number of benzene rings is 2. The van der Waals surface area contributed by atoms with Crippen LogP contribution in [0.4, 0.5) is 0 Å². The van der Waals surface area contributed by atoms with E-state index in [0.717, 1.165) is 23.0 Å². The van der Waals surface area contributed by atoms with Gasteiger partial charge in [-0.3, -0.25) is 4.79 Å². The Morgan fingerprint density at radius 2 is 1.59 bits per heavy atom. The molecule has 0 spiro atoms. The highest BCUT2D eigenvalue weighted by Crippen LogP contribution is 2.23. The molecule has 3 nitrogen and oxygen atoms in total. The van der Waals surface area contributed by atoms with Crippen LogP contribution in [0.3, 0.4) is 0 Å². The summed E-state index contributed by atoms with van der Waals surface area (Å²) in [5.41, 5.74) is 3.65. The summed E-state index contributed by atoms with van der Waals surface area (Å²) in [6.07, 6.45) is 0.852. The first-order valence-electron chi connectivity index (χ1n) is 7.20. The standard InChI is InChI=1S/C19H20O3/c1-13-11-16(9-10-17(13)12-20)14-5-7-15(8-6-14)18(21)22-19(2,3)4/h5-12H,1-4H3. The Labute approximate surface area is 130 Å². The largest absolute Gasteiger partial charge is 0.456 e. The van der Waals surface area contributed by atoms with Crippen molar-refractivity contribution in [1.82, 2.24) is 0 Å². The lowest BCUT2D eigenvalue weighted by atomic mass is 9.99. The fraction of sp³-hybridized carbons (Fsp3) is 0.263. The van der Waals surface area contributed by atoms with E-state index in [0.29, 0.717) is 11.1 Å². The second-order valence-corrected chi connectivity index (χ2v) is 6.27. The average Bonchev–Trinajstić information content (AvgIpc) is 2.45. The van der Waals surface area contributed by atoms with Gasteiger partial charge in [-0.2, -0.15) is 0 Å². The van der Waals surface area contributed by atoms with Crippen LogP contribution in [0.15, 0.2) is 42.5 Å². The topological polar surface area (TPSA) is 43.4 Å². The Bertz CT molecular complexity index is 692. The molecule has 0 amide bonds. The maximum absolute atomic E-state index is 12.0. The molecule has 0 heterocycles. The number of carbonyl (C=O) groups excluding carboxylic acids is 2. The minimum Gasteiger partial charge on any atom is -0.456 e. The number of ether oxygens (including phenoxy) is 1. The van der Waals surface area contributed by atoms with Crippen LogP contribution in [0.5, 0.6) is 0 Å². The summed E-state index contributed by atoms with van der Waals surface area (Å²) in [4.78, 5) is 22.8. The minimum absolute atomic E-state index is 0.327. The average molecular weight is 296 g/mol. The first-order valence-corrected chi connectivity index (χ1v) is 7.20. The monoisotopic (exact) mass is 296 g/mol. The number of aldehydes is 1. The van der Waals surface area contributed by atoms with Crippen LogP contribution in [0.1, 0.15) is 47.1 Å². The Morgan fingerprint density at radius 3 is 2.09 bits per heavy atom. The molecule has 114 valence electrons. The van der Waals surface area contributed by atoms with Gasteiger partial charge < -0.3 is 4.74 Å². The van der Waals surface area contributed by atoms with Gasteiger partial charge in [0, 0.05) is 5.56 Å². The molecule has 3 heteroatoms. The lowest BCUT2D eigenvalue weighted by molar-refractivity contribution is 0.00695. The zero-order valence-electron chi connectivity index (χ0n) is 13.3. The normalized spacial score (nSPS) is 11.1. The van der Waals surface area contributed by atoms with Gasteiger partial charge >= 0.3 is 5.97 Å². The Balaban J connectivity index is 2.23. The SMILES string of the molecule is Cc1cc(-c2ccc(C(=O)OC(C)(C)C)cc2)ccc1C=O. The Kier molecular flexibility index (Phi) is 4.45. The van der Waals surface area contributed by atoms with Crippen LogP contribution in [-0.2, 0) is 4.74 Å². The fourth-order valence-electron chi connectivity index (χ4n) is 2.12. The van der Waals surface area contributed by atoms with Crippen LogP contribution < -0.4 is 0 Å². The van der Waals surface area contributed by atoms with Gasteiger partial charge in [0.25, 0.3) is 0 Å². The lowest BCUT2D eigenvalue weighted by Crippen LogP contribution is -2.23. The van der Waals surface area contributed by atoms with E-state index in [-0.39, 0.29) is 5.97 Å². The molecule has 0 fully saturated rings. The number of esters is 1. The van der Waals surface area contributed by atoms with Crippen LogP contribution >= 0.6 is 0 Å². The van der Waals surface area contributed by atoms with Gasteiger partial charge in [0.1, 0.15) is 11.9 Å². The summed E-state index contributed by atoms with van der Waals surface area (Å²) in [7, 11) is 0. The molecule has 0 bridgehead atoms. The summed E-state index contributed by atoms with van der Waals surface area (Å²) in [6.45, 7) is 7.44. The third kappa shape index (κ3) is 3.82. The predicted molar refractivity (Wildman–Crippen MR) is 87.2 cm³/mol. The number of aryl methyl sites for hydroxylation is 1. The lowest BCUT2D eigenvalue weighted by Gasteiger charge is -2.19. The highest BCUT2D eigenvalue weighted by molar-refractivity contribution is 5.90. The number of hydrogen-bond acceptors (Lipinski definition) is 3. The van der Waals surface area contributed by atoms with Crippen molar-refractivity contribution >= 4 is 12.3 Å². The molecule has 0 radical (unpaired) electrons. The summed E-state index contributed by atoms with van der Waals surface area (Å²) >= 11 is 0. The first-order chi connectivity index (χ1) is 10.3. The molecule has 0 unspecified atom stereocenters. The summed E-state index contributed by atoms with van der Waals surface area (Å²) in [5.74, 6) is -0.327. The van der Waals surface area contributed by atoms with Crippen molar-refractivity contribution in [3.8, 4) is 11.1 Å². The second-order valence-electron chi connectivity index (χ2n) is 6.27. The third-order valence-corrected chi connectivity index (χ3v) is 3.25. The molecule has 0 aliphatic heterocycles. The molecule has 0 saturated carbocycles. The molecule has 2 aromatic rings. The highest BCUT2D eigenvalue weighted by Gasteiger charge is 2.17. The maximum atomic E-state index is 12.0. The van der Waals surface area contributed by atoms with E-state index in [2.05, 4.69) is 0 Å². The molecule has 0 aliphatic rings. The molecular weight excluding hydrogens is 276 g/mol. The van der Waals surface area contributed by atoms with Gasteiger partial charge in [0.15, 0.2) is 0 Å². The molecule has 2 rings (SSSR count). The van der Waals surface area contributed by atoms with E-state index in [1.807, 2.05) is 52.0 Å². The van der Waals surface area contributed by atoms with E-state index in [4.69, 9.17) is 4.74 Å². The number of carbonyl (C=O) groups is 2. The second kappa shape index (κ2) is 6.14. The molecule has 0 aromatic heterocycles. The maximum Gasteiger partial charge on any atom is 0.338 e. The molecule has 0 saturated heterocycles. The smallest absolute Gasteiger partial charge is 0.338 e. The molecular formula is C19H20O3. The number of hydrogen-bond donors (Lipinski definition) is 0. The van der Waals surface area contributed by atoms with E-state index < -0.39 is 5.60 Å². The summed E-state index contributed by atoms with van der Waals surface area (Å²) in [6, 6.07) is 13.0. The summed E-state index contributed by atoms with van der Waals surface area (Å²) in [5, 5.41) is 0. The van der Waals surface area contributed by atoms with Crippen LogP contribution in [0, 0.1) is 6.92 Å². The van der Waals surface area contributed by atoms with E-state index in [9.17, 15) is 9.59 Å². The van der Waals surface area contributed by atoms with Gasteiger partial charge in [0.05, 0.1) is 5.56 Å². The van der Waals surface area contributed by atoms with Crippen LogP contribution in [0.25, 0.3) is 11.1 Å². The van der Waals surface area contributed by atoms with Gasteiger partial charge in [0.2, 0.25) is 0 Å². The fourth-order valence-corrected chi connectivity index (χ4v) is 2.12. The van der Waals surface area contributed by atoms with Crippen molar-refractivity contribution < 1.29 is 14.3 Å². The van der Waals surface area contributed by atoms with Gasteiger partial charge in [-0.05, 0) is 56.5 Å². The molecule has 0 N–H and O–H groups in total. The molecule has 0 aliphatic carbocycles. The molecule has 0 atom stereocenters. The quantitative estimate of drug-likeness (QED) is 0.621. The van der Waals surface area contributed by atoms with Gasteiger partial charge in [-0.1, -0.05) is 30.3 Å². The summed E-state index contributed by atoms with van der Waals surface area (Å²) < 4.78 is 5.34. The van der Waals surface area contributed by atoms with Gasteiger partial charge in [-0.15, -0.1) is 0 Å².